The van der Waals surface area contributed by atoms with Crippen molar-refractivity contribution in [1.29, 1.82) is 0 Å². The highest BCUT2D eigenvalue weighted by Crippen LogP contribution is 2.37. The Balaban J connectivity index is 1.87. The molecule has 0 saturated carbocycles. The first kappa shape index (κ1) is 25.4. The lowest BCUT2D eigenvalue weighted by Crippen LogP contribution is -2.34. The van der Waals surface area contributed by atoms with Gasteiger partial charge in [-0.15, -0.1) is 0 Å². The highest BCUT2D eigenvalue weighted by atomic mass is 19.4. The number of carboxylic acids is 1. The zero-order valence-corrected chi connectivity index (χ0v) is 18.6. The smallest absolute Gasteiger partial charge is 0.416 e. The molecular weight excluding hydrogens is 465 g/mol. The maximum Gasteiger partial charge on any atom is 0.416 e. The number of ether oxygens (including phenoxy) is 1. The van der Waals surface area contributed by atoms with Crippen molar-refractivity contribution in [3.63, 3.8) is 0 Å². The van der Waals surface area contributed by atoms with Crippen LogP contribution >= 0.6 is 0 Å². The molecule has 3 aromatic carbocycles. The molecule has 7 nitrogen and oxygen atoms in total. The van der Waals surface area contributed by atoms with Crippen LogP contribution in [0.5, 0.6) is 11.5 Å². The number of carboxylic acid groups (broad SMARTS) is 1. The Labute approximate surface area is 199 Å². The SMILES string of the molecule is COc1ccc(CC(=O)O)cc1-c1ccc(C(F)(F)F)cc1CNC(=O)NCc1ccc(O)cc1. The number of methoxy groups -OCH3 is 1. The van der Waals surface area contributed by atoms with Gasteiger partial charge in [0.2, 0.25) is 0 Å². The number of carbonyl (C=O) groups excluding carboxylic acids is 1. The van der Waals surface area contributed by atoms with Gasteiger partial charge in [0, 0.05) is 18.7 Å². The van der Waals surface area contributed by atoms with Crippen LogP contribution in [0.25, 0.3) is 11.1 Å². The number of phenols is 1. The minimum absolute atomic E-state index is 0.0816. The molecule has 4 N–H and O–H groups in total. The molecule has 0 atom stereocenters. The number of nitrogens with one attached hydrogen (secondary N) is 2. The summed E-state index contributed by atoms with van der Waals surface area (Å²) >= 11 is 0. The van der Waals surface area contributed by atoms with Crippen LogP contribution < -0.4 is 15.4 Å². The highest BCUT2D eigenvalue weighted by Gasteiger charge is 2.31. The van der Waals surface area contributed by atoms with Crippen LogP contribution in [0.4, 0.5) is 18.0 Å². The maximum absolute atomic E-state index is 13.4. The van der Waals surface area contributed by atoms with Gasteiger partial charge >= 0.3 is 18.2 Å². The number of aromatic hydroxyl groups is 1. The van der Waals surface area contributed by atoms with E-state index >= 15 is 0 Å². The summed E-state index contributed by atoms with van der Waals surface area (Å²) in [6, 6.07) is 13.4. The molecule has 0 unspecified atom stereocenters. The number of alkyl halides is 3. The van der Waals surface area contributed by atoms with E-state index in [1.165, 1.54) is 25.3 Å². The fourth-order valence-electron chi connectivity index (χ4n) is 3.46. The quantitative estimate of drug-likeness (QED) is 0.367. The van der Waals surface area contributed by atoms with Gasteiger partial charge in [-0.05, 0) is 58.7 Å². The number of hydrogen-bond donors (Lipinski definition) is 4. The average Bonchev–Trinajstić information content (AvgIpc) is 2.81. The number of hydrogen-bond acceptors (Lipinski definition) is 4. The first-order valence-corrected chi connectivity index (χ1v) is 10.5. The highest BCUT2D eigenvalue weighted by molar-refractivity contribution is 5.78. The molecule has 0 saturated heterocycles. The number of aliphatic carboxylic acids is 1. The Morgan fingerprint density at radius 3 is 2.17 bits per heavy atom. The zero-order chi connectivity index (χ0) is 25.6. The summed E-state index contributed by atoms with van der Waals surface area (Å²) in [7, 11) is 1.40. The number of urea groups is 1. The summed E-state index contributed by atoms with van der Waals surface area (Å²) in [5.41, 5.74) is 1.22. The monoisotopic (exact) mass is 488 g/mol. The number of benzene rings is 3. The molecule has 35 heavy (non-hydrogen) atoms. The summed E-state index contributed by atoms with van der Waals surface area (Å²) in [6.07, 6.45) is -4.87. The van der Waals surface area contributed by atoms with Gasteiger partial charge in [-0.25, -0.2) is 4.79 Å². The summed E-state index contributed by atoms with van der Waals surface area (Å²) in [6.45, 7) is -0.0837. The third kappa shape index (κ3) is 6.89. The molecule has 0 heterocycles. The third-order valence-corrected chi connectivity index (χ3v) is 5.17. The molecule has 0 fully saturated rings. The third-order valence-electron chi connectivity index (χ3n) is 5.17. The topological polar surface area (TPSA) is 108 Å². The van der Waals surface area contributed by atoms with Gasteiger partial charge in [0.25, 0.3) is 0 Å². The number of rotatable bonds is 8. The van der Waals surface area contributed by atoms with E-state index in [9.17, 15) is 27.9 Å². The zero-order valence-electron chi connectivity index (χ0n) is 18.6. The summed E-state index contributed by atoms with van der Waals surface area (Å²) in [5, 5.41) is 23.6. The molecule has 0 aliphatic rings. The van der Waals surface area contributed by atoms with Crippen molar-refractivity contribution in [2.75, 3.05) is 7.11 Å². The standard InChI is InChI=1S/C25H23F3N2O5/c1-35-22-9-4-16(11-23(32)33)10-21(22)20-8-5-18(25(26,27)28)12-17(20)14-30-24(34)29-13-15-2-6-19(31)7-3-15/h2-10,12,31H,11,13-14H2,1H3,(H,32,33)(H2,29,30,34). The number of carbonyl (C=O) groups is 2. The molecule has 0 bridgehead atoms. The van der Waals surface area contributed by atoms with Crippen LogP contribution in [0, 0.1) is 0 Å². The second-order valence-electron chi connectivity index (χ2n) is 7.68. The Morgan fingerprint density at radius 1 is 0.886 bits per heavy atom. The van der Waals surface area contributed by atoms with E-state index in [2.05, 4.69) is 10.6 Å². The molecule has 0 spiro atoms. The fourth-order valence-corrected chi connectivity index (χ4v) is 3.46. The van der Waals surface area contributed by atoms with Crippen LogP contribution in [0.2, 0.25) is 0 Å². The van der Waals surface area contributed by atoms with E-state index in [0.29, 0.717) is 22.4 Å². The van der Waals surface area contributed by atoms with Gasteiger partial charge in [0.1, 0.15) is 11.5 Å². The molecule has 0 radical (unpaired) electrons. The van der Waals surface area contributed by atoms with Crippen LogP contribution in [0.15, 0.2) is 60.7 Å². The summed E-state index contributed by atoms with van der Waals surface area (Å²) in [4.78, 5) is 23.4. The summed E-state index contributed by atoms with van der Waals surface area (Å²) in [5.74, 6) is -0.629. The average molecular weight is 488 g/mol. The number of amides is 2. The predicted octanol–water partition coefficient (Wildman–Crippen LogP) is 4.71. The van der Waals surface area contributed by atoms with Gasteiger partial charge < -0.3 is 25.6 Å². The lowest BCUT2D eigenvalue weighted by Gasteiger charge is -2.17. The van der Waals surface area contributed by atoms with Crippen LogP contribution in [-0.4, -0.2) is 29.3 Å². The van der Waals surface area contributed by atoms with E-state index in [4.69, 9.17) is 9.84 Å². The van der Waals surface area contributed by atoms with Crippen molar-refractivity contribution in [2.24, 2.45) is 0 Å². The van der Waals surface area contributed by atoms with E-state index in [0.717, 1.165) is 17.7 Å². The molecule has 3 aromatic rings. The van der Waals surface area contributed by atoms with E-state index in [1.54, 1.807) is 30.3 Å². The largest absolute Gasteiger partial charge is 0.508 e. The molecule has 2 amide bonds. The first-order chi connectivity index (χ1) is 16.6. The Morgan fingerprint density at radius 2 is 1.54 bits per heavy atom. The maximum atomic E-state index is 13.4. The van der Waals surface area contributed by atoms with Crippen molar-refractivity contribution in [3.8, 4) is 22.6 Å². The fraction of sp³-hybridized carbons (Fsp3) is 0.200. The van der Waals surface area contributed by atoms with E-state index < -0.39 is 23.7 Å². The second-order valence-corrected chi connectivity index (χ2v) is 7.68. The Bertz CT molecular complexity index is 1210. The van der Waals surface area contributed by atoms with Crippen LogP contribution in [-0.2, 0) is 30.5 Å². The second kappa shape index (κ2) is 10.8. The van der Waals surface area contributed by atoms with Gasteiger partial charge in [-0.2, -0.15) is 13.2 Å². The van der Waals surface area contributed by atoms with Crippen LogP contribution in [0.3, 0.4) is 0 Å². The summed E-state index contributed by atoms with van der Waals surface area (Å²) < 4.78 is 45.5. The molecule has 184 valence electrons. The van der Waals surface area contributed by atoms with Gasteiger partial charge in [-0.1, -0.05) is 24.3 Å². The van der Waals surface area contributed by atoms with Crippen molar-refractivity contribution >= 4 is 12.0 Å². The molecule has 0 aliphatic heterocycles. The molecule has 0 aliphatic carbocycles. The molecule has 0 aromatic heterocycles. The van der Waals surface area contributed by atoms with Gasteiger partial charge in [0.15, 0.2) is 0 Å². The van der Waals surface area contributed by atoms with Crippen molar-refractivity contribution in [2.45, 2.75) is 25.7 Å². The Kier molecular flexibility index (Phi) is 7.85. The first-order valence-electron chi connectivity index (χ1n) is 10.5. The predicted molar refractivity (Wildman–Crippen MR) is 122 cm³/mol. The normalized spacial score (nSPS) is 11.1. The van der Waals surface area contributed by atoms with Gasteiger partial charge in [0.05, 0.1) is 19.1 Å². The van der Waals surface area contributed by atoms with Crippen molar-refractivity contribution in [3.05, 3.63) is 82.9 Å². The van der Waals surface area contributed by atoms with Crippen molar-refractivity contribution < 1.29 is 37.7 Å². The number of halogens is 3. The molecule has 10 heteroatoms. The van der Waals surface area contributed by atoms with E-state index in [-0.39, 0.29) is 30.8 Å². The number of phenolic OH excluding ortho intramolecular Hbond substituents is 1. The minimum Gasteiger partial charge on any atom is -0.508 e. The Hall–Kier alpha value is -4.21. The lowest BCUT2D eigenvalue weighted by molar-refractivity contribution is -0.138. The molecular formula is C25H23F3N2O5. The van der Waals surface area contributed by atoms with E-state index in [1.807, 2.05) is 0 Å². The van der Waals surface area contributed by atoms with Crippen LogP contribution in [0.1, 0.15) is 22.3 Å². The van der Waals surface area contributed by atoms with Crippen molar-refractivity contribution in [1.82, 2.24) is 10.6 Å². The lowest BCUT2D eigenvalue weighted by atomic mass is 9.94. The van der Waals surface area contributed by atoms with Gasteiger partial charge in [-0.3, -0.25) is 4.79 Å². The molecule has 3 rings (SSSR count). The minimum atomic E-state index is -4.59.